The molecule has 0 bridgehead atoms. The maximum absolute atomic E-state index is 12.6. The van der Waals surface area contributed by atoms with E-state index < -0.39 is 64.0 Å². The molecule has 0 N–H and O–H groups in total. The van der Waals surface area contributed by atoms with Crippen LogP contribution in [0, 0.1) is 0 Å². The first-order valence-corrected chi connectivity index (χ1v) is 8.08. The van der Waals surface area contributed by atoms with Crippen molar-refractivity contribution in [1.29, 1.82) is 0 Å². The molecule has 0 radical (unpaired) electrons. The quantitative estimate of drug-likeness (QED) is 0.392. The number of alkyl halides is 6. The summed E-state index contributed by atoms with van der Waals surface area (Å²) < 4.78 is 102. The highest BCUT2D eigenvalue weighted by Crippen LogP contribution is 2.29. The van der Waals surface area contributed by atoms with E-state index in [9.17, 15) is 39.6 Å². The molecule has 0 aliphatic carbocycles. The van der Waals surface area contributed by atoms with Crippen LogP contribution in [0.3, 0.4) is 0 Å². The Morgan fingerprint density at radius 3 is 2.04 bits per heavy atom. The van der Waals surface area contributed by atoms with E-state index in [0.29, 0.717) is 6.08 Å². The third-order valence-corrected chi connectivity index (χ3v) is 4.92. The Balaban J connectivity index is 5.39. The van der Waals surface area contributed by atoms with Gasteiger partial charge in [-0.2, -0.15) is 26.3 Å². The number of carbonyl (C=O) groups is 1. The van der Waals surface area contributed by atoms with Gasteiger partial charge in [0.2, 0.25) is 0 Å². The molecule has 0 rings (SSSR count). The van der Waals surface area contributed by atoms with Gasteiger partial charge in [0, 0.05) is 5.57 Å². The van der Waals surface area contributed by atoms with Crippen LogP contribution in [0.1, 0.15) is 26.2 Å². The molecule has 1 atom stereocenters. The smallest absolute Gasteiger partial charge is 0.412 e. The Hall–Kier alpha value is -1.26. The van der Waals surface area contributed by atoms with Crippen molar-refractivity contribution in [2.24, 2.45) is 0 Å². The fourth-order valence-corrected chi connectivity index (χ4v) is 3.21. The van der Waals surface area contributed by atoms with Gasteiger partial charge >= 0.3 is 18.3 Å². The van der Waals surface area contributed by atoms with Crippen LogP contribution in [0.15, 0.2) is 11.6 Å². The Labute approximate surface area is 129 Å². The van der Waals surface area contributed by atoms with E-state index in [1.807, 2.05) is 0 Å². The van der Waals surface area contributed by atoms with E-state index in [2.05, 4.69) is 4.74 Å². The van der Waals surface area contributed by atoms with Gasteiger partial charge in [-0.25, -0.2) is 8.42 Å². The molecule has 0 aromatic rings. The van der Waals surface area contributed by atoms with Crippen molar-refractivity contribution in [2.45, 2.75) is 43.8 Å². The van der Waals surface area contributed by atoms with Gasteiger partial charge in [-0.15, -0.1) is 0 Å². The molecule has 0 saturated heterocycles. The molecule has 0 saturated carbocycles. The summed E-state index contributed by atoms with van der Waals surface area (Å²) in [4.78, 5) is 11.4. The van der Waals surface area contributed by atoms with Crippen LogP contribution >= 0.6 is 0 Å². The molecule has 11 heteroatoms. The minimum absolute atomic E-state index is 0.472. The number of methoxy groups -OCH3 is 1. The van der Waals surface area contributed by atoms with Crippen molar-refractivity contribution >= 4 is 15.8 Å². The number of carbonyl (C=O) groups excluding carboxylic acids is 1. The minimum atomic E-state index is -4.77. The zero-order valence-electron chi connectivity index (χ0n) is 12.3. The predicted molar refractivity (Wildman–Crippen MR) is 69.3 cm³/mol. The molecule has 0 aliphatic rings. The van der Waals surface area contributed by atoms with Crippen LogP contribution in [0.2, 0.25) is 0 Å². The summed E-state index contributed by atoms with van der Waals surface area (Å²) in [6, 6.07) is 0. The summed E-state index contributed by atoms with van der Waals surface area (Å²) in [6.07, 6.45) is -12.1. The number of esters is 1. The van der Waals surface area contributed by atoms with Crippen molar-refractivity contribution in [3.8, 4) is 0 Å². The van der Waals surface area contributed by atoms with Gasteiger partial charge in [-0.1, -0.05) is 13.0 Å². The second-order valence-corrected chi connectivity index (χ2v) is 6.86. The van der Waals surface area contributed by atoms with E-state index in [1.165, 1.54) is 6.92 Å². The number of hydrogen-bond acceptors (Lipinski definition) is 4. The van der Waals surface area contributed by atoms with E-state index in [4.69, 9.17) is 0 Å². The first-order chi connectivity index (χ1) is 10.2. The highest BCUT2D eigenvalue weighted by Gasteiger charge is 2.38. The van der Waals surface area contributed by atoms with Gasteiger partial charge in [0.1, 0.15) is 0 Å². The Bertz CT molecular complexity index is 533. The summed E-state index contributed by atoms with van der Waals surface area (Å²) in [5.41, 5.74) is -1.07. The van der Waals surface area contributed by atoms with Gasteiger partial charge in [0.25, 0.3) is 0 Å². The van der Waals surface area contributed by atoms with Gasteiger partial charge in [0.05, 0.1) is 19.3 Å². The number of sulfone groups is 1. The highest BCUT2D eigenvalue weighted by molar-refractivity contribution is 7.92. The largest absolute Gasteiger partial charge is 0.468 e. The lowest BCUT2D eigenvalue weighted by atomic mass is 10.1. The maximum Gasteiger partial charge on any atom is 0.412 e. The molecule has 0 fully saturated rings. The third-order valence-electron chi connectivity index (χ3n) is 2.89. The predicted octanol–water partition coefficient (Wildman–Crippen LogP) is 3.18. The lowest BCUT2D eigenvalue weighted by molar-refractivity contribution is -0.140. The molecule has 0 amide bonds. The SMILES string of the molecule is CC/C(=C\CC(C(=O)OC)S(=O)(=O)CCC(F)(F)F)C(F)(F)F. The average Bonchev–Trinajstić information content (AvgIpc) is 2.38. The molecule has 4 nitrogen and oxygen atoms in total. The minimum Gasteiger partial charge on any atom is -0.468 e. The molecule has 136 valence electrons. The number of allylic oxidation sites excluding steroid dienone is 2. The number of rotatable bonds is 7. The maximum atomic E-state index is 12.6. The van der Waals surface area contributed by atoms with Crippen LogP contribution in [-0.4, -0.2) is 44.9 Å². The van der Waals surface area contributed by atoms with Crippen molar-refractivity contribution in [3.05, 3.63) is 11.6 Å². The lowest BCUT2D eigenvalue weighted by Gasteiger charge is -2.16. The Morgan fingerprint density at radius 1 is 1.17 bits per heavy atom. The van der Waals surface area contributed by atoms with Crippen molar-refractivity contribution < 1.29 is 44.3 Å². The normalized spacial score (nSPS) is 15.4. The first-order valence-electron chi connectivity index (χ1n) is 6.37. The first kappa shape index (κ1) is 21.7. The van der Waals surface area contributed by atoms with E-state index in [-0.39, 0.29) is 0 Å². The summed E-state index contributed by atoms with van der Waals surface area (Å²) in [5, 5.41) is -2.11. The molecule has 0 aromatic carbocycles. The summed E-state index contributed by atoms with van der Waals surface area (Å²) in [6.45, 7) is 1.17. The monoisotopic (exact) mass is 370 g/mol. The second kappa shape index (κ2) is 8.02. The molecule has 0 heterocycles. The third kappa shape index (κ3) is 7.71. The zero-order chi connectivity index (χ0) is 18.5. The lowest BCUT2D eigenvalue weighted by Crippen LogP contribution is -2.34. The number of ether oxygens (including phenoxy) is 1. The van der Waals surface area contributed by atoms with E-state index >= 15 is 0 Å². The molecular weight excluding hydrogens is 354 g/mol. The van der Waals surface area contributed by atoms with Crippen LogP contribution in [-0.2, 0) is 19.4 Å². The van der Waals surface area contributed by atoms with Gasteiger partial charge in [-0.3, -0.25) is 4.79 Å². The van der Waals surface area contributed by atoms with Gasteiger partial charge < -0.3 is 4.74 Å². The van der Waals surface area contributed by atoms with Crippen LogP contribution < -0.4 is 0 Å². The summed E-state index contributed by atoms with van der Waals surface area (Å²) >= 11 is 0. The average molecular weight is 370 g/mol. The summed E-state index contributed by atoms with van der Waals surface area (Å²) in [5.74, 6) is -2.81. The van der Waals surface area contributed by atoms with Gasteiger partial charge in [-0.05, 0) is 12.8 Å². The Kier molecular flexibility index (Phi) is 7.58. The fourth-order valence-electron chi connectivity index (χ4n) is 1.63. The summed E-state index contributed by atoms with van der Waals surface area (Å²) in [7, 11) is -3.83. The standard InChI is InChI=1S/C12H16F6O4S/c1-3-8(12(16,17)18)4-5-9(10(19)22-2)23(20,21)7-6-11(13,14)15/h4,9H,3,5-7H2,1-2H3/b8-4+. The molecule has 0 aliphatic heterocycles. The zero-order valence-corrected chi connectivity index (χ0v) is 13.1. The second-order valence-electron chi connectivity index (χ2n) is 4.56. The van der Waals surface area contributed by atoms with E-state index in [1.54, 1.807) is 0 Å². The van der Waals surface area contributed by atoms with Gasteiger partial charge in [0.15, 0.2) is 15.1 Å². The van der Waals surface area contributed by atoms with E-state index in [0.717, 1.165) is 7.11 Å². The molecule has 0 aromatic heterocycles. The Morgan fingerprint density at radius 2 is 1.70 bits per heavy atom. The molecular formula is C12H16F6O4S. The topological polar surface area (TPSA) is 60.4 Å². The van der Waals surface area contributed by atoms with Crippen molar-refractivity contribution in [3.63, 3.8) is 0 Å². The van der Waals surface area contributed by atoms with Crippen molar-refractivity contribution in [2.75, 3.05) is 12.9 Å². The molecule has 0 spiro atoms. The number of hydrogen-bond donors (Lipinski definition) is 0. The molecule has 1 unspecified atom stereocenters. The van der Waals surface area contributed by atoms with Crippen LogP contribution in [0.4, 0.5) is 26.3 Å². The van der Waals surface area contributed by atoms with Crippen molar-refractivity contribution in [1.82, 2.24) is 0 Å². The number of halogens is 6. The highest BCUT2D eigenvalue weighted by atomic mass is 32.2. The van der Waals surface area contributed by atoms with Crippen LogP contribution in [0.25, 0.3) is 0 Å². The fraction of sp³-hybridized carbons (Fsp3) is 0.750. The van der Waals surface area contributed by atoms with Crippen LogP contribution in [0.5, 0.6) is 0 Å². The molecule has 23 heavy (non-hydrogen) atoms.